The van der Waals surface area contributed by atoms with Crippen LogP contribution < -0.4 is 14.8 Å². The fourth-order valence-corrected chi connectivity index (χ4v) is 3.41. The Morgan fingerprint density at radius 2 is 2.00 bits per heavy atom. The van der Waals surface area contributed by atoms with Crippen molar-refractivity contribution in [2.45, 2.75) is 58.2 Å². The Morgan fingerprint density at radius 1 is 1.20 bits per heavy atom. The average Bonchev–Trinajstić information content (AvgIpc) is 2.90. The number of aromatic nitrogens is 3. The minimum Gasteiger partial charge on any atom is -0.481 e. The standard InChI is InChI=1S/C19H28N4O2/c1-14-17(19(24-3)23(2)22-14)13-20-11-15-9-10-18(21-12-15)25-16-7-5-4-6-8-16/h9-10,12,16,20H,4-8,11,13H2,1-3H3. The number of ether oxygens (including phenoxy) is 2. The summed E-state index contributed by atoms with van der Waals surface area (Å²) in [5.41, 5.74) is 3.22. The molecule has 1 fully saturated rings. The van der Waals surface area contributed by atoms with Crippen LogP contribution >= 0.6 is 0 Å². The predicted molar refractivity (Wildman–Crippen MR) is 96.8 cm³/mol. The van der Waals surface area contributed by atoms with Crippen molar-refractivity contribution in [1.82, 2.24) is 20.1 Å². The smallest absolute Gasteiger partial charge is 0.216 e. The molecule has 1 aliphatic rings. The van der Waals surface area contributed by atoms with E-state index in [1.54, 1.807) is 11.8 Å². The van der Waals surface area contributed by atoms with Crippen LogP contribution in [0.5, 0.6) is 11.8 Å². The molecule has 2 aromatic rings. The second-order valence-electron chi connectivity index (χ2n) is 6.68. The molecule has 0 bridgehead atoms. The fourth-order valence-electron chi connectivity index (χ4n) is 3.41. The molecule has 136 valence electrons. The monoisotopic (exact) mass is 344 g/mol. The maximum atomic E-state index is 5.97. The van der Waals surface area contributed by atoms with Gasteiger partial charge in [-0.3, -0.25) is 0 Å². The molecule has 1 aliphatic carbocycles. The molecular formula is C19H28N4O2. The van der Waals surface area contributed by atoms with Gasteiger partial charge in [0, 0.05) is 32.4 Å². The number of aryl methyl sites for hydroxylation is 2. The second-order valence-corrected chi connectivity index (χ2v) is 6.68. The predicted octanol–water partition coefficient (Wildman–Crippen LogP) is 3.13. The molecule has 0 unspecified atom stereocenters. The van der Waals surface area contributed by atoms with Gasteiger partial charge in [-0.1, -0.05) is 12.5 Å². The van der Waals surface area contributed by atoms with Gasteiger partial charge in [-0.05, 0) is 38.2 Å². The first-order chi connectivity index (χ1) is 12.2. The van der Waals surface area contributed by atoms with Gasteiger partial charge >= 0.3 is 0 Å². The third-order valence-corrected chi connectivity index (χ3v) is 4.75. The van der Waals surface area contributed by atoms with E-state index in [1.807, 2.05) is 26.2 Å². The topological polar surface area (TPSA) is 61.2 Å². The van der Waals surface area contributed by atoms with Crippen molar-refractivity contribution in [3.63, 3.8) is 0 Å². The summed E-state index contributed by atoms with van der Waals surface area (Å²) in [6.45, 7) is 3.45. The maximum absolute atomic E-state index is 5.97. The van der Waals surface area contributed by atoms with Crippen molar-refractivity contribution < 1.29 is 9.47 Å². The van der Waals surface area contributed by atoms with Crippen molar-refractivity contribution in [2.75, 3.05) is 7.11 Å². The van der Waals surface area contributed by atoms with E-state index in [4.69, 9.17) is 9.47 Å². The number of pyridine rings is 1. The van der Waals surface area contributed by atoms with Crippen molar-refractivity contribution in [3.05, 3.63) is 35.2 Å². The molecule has 0 spiro atoms. The van der Waals surface area contributed by atoms with Crippen molar-refractivity contribution >= 4 is 0 Å². The van der Waals surface area contributed by atoms with Crippen molar-refractivity contribution in [3.8, 4) is 11.8 Å². The first kappa shape index (κ1) is 17.7. The Morgan fingerprint density at radius 3 is 2.68 bits per heavy atom. The van der Waals surface area contributed by atoms with Crippen LogP contribution in [0, 0.1) is 6.92 Å². The van der Waals surface area contributed by atoms with Gasteiger partial charge < -0.3 is 14.8 Å². The third-order valence-electron chi connectivity index (χ3n) is 4.75. The highest BCUT2D eigenvalue weighted by Gasteiger charge is 2.15. The summed E-state index contributed by atoms with van der Waals surface area (Å²) in [6.07, 6.45) is 8.39. The van der Waals surface area contributed by atoms with Crippen LogP contribution in [0.25, 0.3) is 0 Å². The van der Waals surface area contributed by atoms with Gasteiger partial charge in [0.2, 0.25) is 11.8 Å². The molecule has 6 nitrogen and oxygen atoms in total. The average molecular weight is 344 g/mol. The molecule has 0 amide bonds. The summed E-state index contributed by atoms with van der Waals surface area (Å²) in [6, 6.07) is 4.05. The molecule has 6 heteroatoms. The van der Waals surface area contributed by atoms with Crippen LogP contribution in [0.1, 0.15) is 48.9 Å². The zero-order valence-corrected chi connectivity index (χ0v) is 15.4. The normalized spacial score (nSPS) is 15.3. The van der Waals surface area contributed by atoms with Gasteiger partial charge in [-0.15, -0.1) is 0 Å². The van der Waals surface area contributed by atoms with Crippen LogP contribution in [-0.2, 0) is 20.1 Å². The second kappa shape index (κ2) is 8.34. The summed E-state index contributed by atoms with van der Waals surface area (Å²) in [5.74, 6) is 1.54. The van der Waals surface area contributed by atoms with E-state index in [1.165, 1.54) is 19.3 Å². The quantitative estimate of drug-likeness (QED) is 0.836. The third kappa shape index (κ3) is 4.51. The molecule has 2 heterocycles. The molecule has 1 saturated carbocycles. The molecule has 2 aromatic heterocycles. The number of nitrogens with zero attached hydrogens (tertiary/aromatic N) is 3. The lowest BCUT2D eigenvalue weighted by Crippen LogP contribution is -2.20. The summed E-state index contributed by atoms with van der Waals surface area (Å²) in [4.78, 5) is 4.45. The number of rotatable bonds is 7. The lowest BCUT2D eigenvalue weighted by atomic mass is 9.98. The van der Waals surface area contributed by atoms with E-state index < -0.39 is 0 Å². The highest BCUT2D eigenvalue weighted by Crippen LogP contribution is 2.23. The van der Waals surface area contributed by atoms with E-state index in [0.29, 0.717) is 12.6 Å². The molecule has 0 saturated heterocycles. The Kier molecular flexibility index (Phi) is 5.91. The number of hydrogen-bond acceptors (Lipinski definition) is 5. The lowest BCUT2D eigenvalue weighted by molar-refractivity contribution is 0.148. The Bertz CT molecular complexity index is 675. The van der Waals surface area contributed by atoms with Gasteiger partial charge in [0.1, 0.15) is 6.10 Å². The molecule has 1 N–H and O–H groups in total. The first-order valence-corrected chi connectivity index (χ1v) is 9.06. The maximum Gasteiger partial charge on any atom is 0.216 e. The zero-order chi connectivity index (χ0) is 17.6. The molecule has 0 aromatic carbocycles. The van der Waals surface area contributed by atoms with E-state index in [-0.39, 0.29) is 0 Å². The highest BCUT2D eigenvalue weighted by atomic mass is 16.5. The number of methoxy groups -OCH3 is 1. The molecule has 0 atom stereocenters. The molecule has 0 aliphatic heterocycles. The van der Waals surface area contributed by atoms with E-state index in [0.717, 1.165) is 48.0 Å². The van der Waals surface area contributed by atoms with Crippen LogP contribution in [0.4, 0.5) is 0 Å². The first-order valence-electron chi connectivity index (χ1n) is 9.06. The lowest BCUT2D eigenvalue weighted by Gasteiger charge is -2.22. The van der Waals surface area contributed by atoms with Crippen LogP contribution in [0.2, 0.25) is 0 Å². The van der Waals surface area contributed by atoms with Crippen LogP contribution in [-0.4, -0.2) is 28.0 Å². The summed E-state index contributed by atoms with van der Waals surface area (Å²) >= 11 is 0. The van der Waals surface area contributed by atoms with Crippen molar-refractivity contribution in [2.24, 2.45) is 7.05 Å². The molecule has 0 radical (unpaired) electrons. The molecule has 3 rings (SSSR count). The van der Waals surface area contributed by atoms with Crippen LogP contribution in [0.15, 0.2) is 18.3 Å². The van der Waals surface area contributed by atoms with E-state index >= 15 is 0 Å². The Labute approximate surface area is 149 Å². The largest absolute Gasteiger partial charge is 0.481 e. The minimum atomic E-state index is 0.339. The molecule has 25 heavy (non-hydrogen) atoms. The van der Waals surface area contributed by atoms with Crippen molar-refractivity contribution in [1.29, 1.82) is 0 Å². The van der Waals surface area contributed by atoms with Gasteiger partial charge in [0.05, 0.1) is 18.4 Å². The summed E-state index contributed by atoms with van der Waals surface area (Å²) < 4.78 is 13.2. The van der Waals surface area contributed by atoms with Gasteiger partial charge in [-0.25, -0.2) is 9.67 Å². The minimum absolute atomic E-state index is 0.339. The fraction of sp³-hybridized carbons (Fsp3) is 0.579. The summed E-state index contributed by atoms with van der Waals surface area (Å²) in [7, 11) is 3.57. The SMILES string of the molecule is COc1c(CNCc2ccc(OC3CCCCC3)nc2)c(C)nn1C. The van der Waals surface area contributed by atoms with E-state index in [2.05, 4.69) is 21.5 Å². The Hall–Kier alpha value is -2.08. The summed E-state index contributed by atoms with van der Waals surface area (Å²) in [5, 5.41) is 7.83. The Balaban J connectivity index is 1.50. The zero-order valence-electron chi connectivity index (χ0n) is 15.4. The van der Waals surface area contributed by atoms with Gasteiger partial charge in [-0.2, -0.15) is 5.10 Å². The number of nitrogens with one attached hydrogen (secondary N) is 1. The van der Waals surface area contributed by atoms with Gasteiger partial charge in [0.15, 0.2) is 0 Å². The number of hydrogen-bond donors (Lipinski definition) is 1. The van der Waals surface area contributed by atoms with Crippen LogP contribution in [0.3, 0.4) is 0 Å². The highest BCUT2D eigenvalue weighted by molar-refractivity contribution is 5.30. The molecular weight excluding hydrogens is 316 g/mol. The van der Waals surface area contributed by atoms with E-state index in [9.17, 15) is 0 Å². The van der Waals surface area contributed by atoms with Gasteiger partial charge in [0.25, 0.3) is 0 Å².